The van der Waals surface area contributed by atoms with Gasteiger partial charge in [-0.05, 0) is 70.6 Å². The van der Waals surface area contributed by atoms with Crippen LogP contribution in [0.25, 0.3) is 0 Å². The average Bonchev–Trinajstić information content (AvgIpc) is 3.19. The molecule has 0 amide bonds. The van der Waals surface area contributed by atoms with Crippen molar-refractivity contribution in [1.29, 1.82) is 0 Å². The Morgan fingerprint density at radius 2 is 1.00 bits per heavy atom. The minimum Gasteiger partial charge on any atom is -0.462 e. The van der Waals surface area contributed by atoms with Crippen LogP contribution in [0.1, 0.15) is 187 Å². The second-order valence-corrected chi connectivity index (χ2v) is 15.5. The number of unbranched alkanes of at least 4 members (excludes halogenated alkanes) is 20. The molecule has 1 rings (SSSR count). The van der Waals surface area contributed by atoms with Crippen LogP contribution in [0.4, 0.5) is 0 Å². The van der Waals surface area contributed by atoms with Crippen molar-refractivity contribution in [3.8, 4) is 0 Å². The molecule has 1 heterocycles. The molecule has 0 aliphatic carbocycles. The molecule has 10 nitrogen and oxygen atoms in total. The van der Waals surface area contributed by atoms with Gasteiger partial charge in [0.15, 0.2) is 12.4 Å². The number of carbonyl (C=O) groups excluding carboxylic acids is 2. The molecule has 326 valence electrons. The van der Waals surface area contributed by atoms with Crippen molar-refractivity contribution < 1.29 is 49.0 Å². The first-order valence-electron chi connectivity index (χ1n) is 22.6. The van der Waals surface area contributed by atoms with Crippen LogP contribution < -0.4 is 0 Å². The van der Waals surface area contributed by atoms with Crippen LogP contribution in [-0.4, -0.2) is 89.0 Å². The van der Waals surface area contributed by atoms with Crippen LogP contribution in [0, 0.1) is 0 Å². The molecule has 1 fully saturated rings. The van der Waals surface area contributed by atoms with Gasteiger partial charge in [0.25, 0.3) is 0 Å². The standard InChI is InChI=1S/C46H82O10/c1-3-5-7-9-11-13-15-17-18-19-20-21-22-23-25-26-28-30-32-34-41(48)53-37-39(38-54-46-45(52)44(51)43(50)40(36-47)56-46)55-42(49)35-33-31-29-27-24-16-14-12-10-8-6-4-2/h11-14,17-18,39-40,43-47,50-52H,3-10,15-16,19-38H2,1-2H3/b13-11+,14-12+,18-17+/t39-,40-,43+,44?,45?,46-/m0/s1. The van der Waals surface area contributed by atoms with Gasteiger partial charge in [-0.15, -0.1) is 0 Å². The summed E-state index contributed by atoms with van der Waals surface area (Å²) in [5.41, 5.74) is 0. The van der Waals surface area contributed by atoms with Crippen molar-refractivity contribution >= 4 is 11.9 Å². The van der Waals surface area contributed by atoms with Gasteiger partial charge in [0.2, 0.25) is 0 Å². The quantitative estimate of drug-likeness (QED) is 0.0272. The number of hydrogen-bond donors (Lipinski definition) is 4. The molecule has 0 spiro atoms. The Balaban J connectivity index is 2.30. The lowest BCUT2D eigenvalue weighted by Gasteiger charge is -2.39. The molecule has 1 aliphatic heterocycles. The van der Waals surface area contributed by atoms with E-state index in [0.717, 1.165) is 77.0 Å². The molecule has 0 aromatic carbocycles. The van der Waals surface area contributed by atoms with E-state index in [2.05, 4.69) is 50.3 Å². The molecule has 0 aromatic heterocycles. The Morgan fingerprint density at radius 3 is 1.50 bits per heavy atom. The summed E-state index contributed by atoms with van der Waals surface area (Å²) in [4.78, 5) is 25.3. The molecule has 4 N–H and O–H groups in total. The minimum absolute atomic E-state index is 0.219. The summed E-state index contributed by atoms with van der Waals surface area (Å²) in [5, 5.41) is 40.0. The van der Waals surface area contributed by atoms with E-state index in [1.807, 2.05) is 0 Å². The molecule has 6 atom stereocenters. The van der Waals surface area contributed by atoms with Gasteiger partial charge in [0.1, 0.15) is 31.0 Å². The Kier molecular flexibility index (Phi) is 34.5. The fourth-order valence-electron chi connectivity index (χ4n) is 6.62. The Bertz CT molecular complexity index is 1010. The first-order chi connectivity index (χ1) is 27.3. The lowest BCUT2D eigenvalue weighted by atomic mass is 9.99. The van der Waals surface area contributed by atoms with Gasteiger partial charge in [-0.25, -0.2) is 0 Å². The SMILES string of the molecule is CCCCC/C=C/C/C=C/CCCCCCCCCCCC(=O)OC[C@@H](CO[C@H]1O[C@@H](CO)[C@@H](O)C(O)C1O)OC(=O)CCCCCCC/C=C/CCCCC. The first kappa shape index (κ1) is 51.9. The van der Waals surface area contributed by atoms with E-state index in [0.29, 0.717) is 6.42 Å². The zero-order valence-corrected chi connectivity index (χ0v) is 35.4. The maximum atomic E-state index is 12.7. The van der Waals surface area contributed by atoms with Crippen molar-refractivity contribution in [1.82, 2.24) is 0 Å². The van der Waals surface area contributed by atoms with E-state index in [1.54, 1.807) is 0 Å². The molecule has 2 unspecified atom stereocenters. The fourth-order valence-corrected chi connectivity index (χ4v) is 6.62. The number of rotatable bonds is 37. The number of aliphatic hydroxyl groups is 4. The van der Waals surface area contributed by atoms with Crippen molar-refractivity contribution in [2.45, 2.75) is 224 Å². The van der Waals surface area contributed by atoms with Crippen molar-refractivity contribution in [2.24, 2.45) is 0 Å². The van der Waals surface area contributed by atoms with Gasteiger partial charge in [0.05, 0.1) is 13.2 Å². The third-order valence-corrected chi connectivity index (χ3v) is 10.2. The molecular weight excluding hydrogens is 712 g/mol. The summed E-state index contributed by atoms with van der Waals surface area (Å²) in [6, 6.07) is 0. The highest BCUT2D eigenvalue weighted by atomic mass is 16.7. The van der Waals surface area contributed by atoms with Gasteiger partial charge in [-0.2, -0.15) is 0 Å². The highest BCUT2D eigenvalue weighted by molar-refractivity contribution is 5.70. The van der Waals surface area contributed by atoms with Gasteiger partial charge in [-0.1, -0.05) is 140 Å². The monoisotopic (exact) mass is 795 g/mol. The van der Waals surface area contributed by atoms with Gasteiger partial charge in [0, 0.05) is 12.8 Å². The van der Waals surface area contributed by atoms with Crippen LogP contribution >= 0.6 is 0 Å². The van der Waals surface area contributed by atoms with Crippen molar-refractivity contribution in [3.63, 3.8) is 0 Å². The fraction of sp³-hybridized carbons (Fsp3) is 0.826. The van der Waals surface area contributed by atoms with Crippen molar-refractivity contribution in [2.75, 3.05) is 19.8 Å². The van der Waals surface area contributed by atoms with Crippen LogP contribution in [0.2, 0.25) is 0 Å². The highest BCUT2D eigenvalue weighted by Crippen LogP contribution is 2.22. The summed E-state index contributed by atoms with van der Waals surface area (Å²) in [6.45, 7) is 3.36. The number of esters is 2. The topological polar surface area (TPSA) is 152 Å². The molecule has 1 aliphatic rings. The predicted molar refractivity (Wildman–Crippen MR) is 224 cm³/mol. The second-order valence-electron chi connectivity index (χ2n) is 15.5. The third kappa shape index (κ3) is 28.3. The lowest BCUT2D eigenvalue weighted by Crippen LogP contribution is -2.59. The lowest BCUT2D eigenvalue weighted by molar-refractivity contribution is -0.305. The zero-order valence-electron chi connectivity index (χ0n) is 35.4. The van der Waals surface area contributed by atoms with E-state index >= 15 is 0 Å². The van der Waals surface area contributed by atoms with Gasteiger partial charge >= 0.3 is 11.9 Å². The van der Waals surface area contributed by atoms with E-state index in [-0.39, 0.29) is 32.0 Å². The Hall–Kier alpha value is -2.08. The molecule has 10 heteroatoms. The second kappa shape index (κ2) is 37.2. The average molecular weight is 795 g/mol. The molecule has 1 saturated heterocycles. The molecule has 56 heavy (non-hydrogen) atoms. The number of carbonyl (C=O) groups is 2. The summed E-state index contributed by atoms with van der Waals surface area (Å²) >= 11 is 0. The number of ether oxygens (including phenoxy) is 4. The minimum atomic E-state index is -1.60. The number of allylic oxidation sites excluding steroid dienone is 6. The maximum Gasteiger partial charge on any atom is 0.306 e. The van der Waals surface area contributed by atoms with E-state index in [1.165, 1.54) is 77.0 Å². The van der Waals surface area contributed by atoms with E-state index < -0.39 is 49.4 Å². The summed E-state index contributed by atoms with van der Waals surface area (Å²) < 4.78 is 22.1. The molecule has 0 bridgehead atoms. The third-order valence-electron chi connectivity index (χ3n) is 10.2. The van der Waals surface area contributed by atoms with Crippen LogP contribution in [0.3, 0.4) is 0 Å². The smallest absolute Gasteiger partial charge is 0.306 e. The van der Waals surface area contributed by atoms with Crippen LogP contribution in [-0.2, 0) is 28.5 Å². The first-order valence-corrected chi connectivity index (χ1v) is 22.6. The Labute approximate surface area is 340 Å². The van der Waals surface area contributed by atoms with Gasteiger partial charge in [-0.3, -0.25) is 9.59 Å². The molecule has 0 saturated carbocycles. The van der Waals surface area contributed by atoms with Crippen LogP contribution in [0.5, 0.6) is 0 Å². The van der Waals surface area contributed by atoms with Crippen molar-refractivity contribution in [3.05, 3.63) is 36.5 Å². The zero-order chi connectivity index (χ0) is 40.9. The summed E-state index contributed by atoms with van der Waals surface area (Å²) in [5.74, 6) is -0.821. The van der Waals surface area contributed by atoms with E-state index in [4.69, 9.17) is 18.9 Å². The highest BCUT2D eigenvalue weighted by Gasteiger charge is 2.44. The number of aliphatic hydroxyl groups excluding tert-OH is 4. The van der Waals surface area contributed by atoms with Gasteiger partial charge < -0.3 is 39.4 Å². The predicted octanol–water partition coefficient (Wildman–Crippen LogP) is 9.50. The van der Waals surface area contributed by atoms with Crippen LogP contribution in [0.15, 0.2) is 36.5 Å². The summed E-state index contributed by atoms with van der Waals surface area (Å²) in [7, 11) is 0. The molecular formula is C46H82O10. The molecule has 0 aromatic rings. The summed E-state index contributed by atoms with van der Waals surface area (Å²) in [6.07, 6.45) is 34.3. The maximum absolute atomic E-state index is 12.7. The normalized spacial score (nSPS) is 20.7. The largest absolute Gasteiger partial charge is 0.462 e. The Morgan fingerprint density at radius 1 is 0.554 bits per heavy atom. The van der Waals surface area contributed by atoms with E-state index in [9.17, 15) is 30.0 Å². The molecule has 0 radical (unpaired) electrons. The number of hydrogen-bond acceptors (Lipinski definition) is 10.